The lowest BCUT2D eigenvalue weighted by molar-refractivity contribution is 0.628. The molecular weight excluding hydrogens is 283 g/mol. The fourth-order valence-corrected chi connectivity index (χ4v) is 2.59. The fourth-order valence-electron chi connectivity index (χ4n) is 2.59. The molecule has 0 fully saturated rings. The van der Waals surface area contributed by atoms with Crippen molar-refractivity contribution in [3.05, 3.63) is 71.5 Å². The lowest BCUT2D eigenvalue weighted by Gasteiger charge is -2.08. The molecule has 2 aromatic rings. The maximum absolute atomic E-state index is 11.9. The van der Waals surface area contributed by atoms with Crippen molar-refractivity contribution in [2.24, 2.45) is 0 Å². The van der Waals surface area contributed by atoms with Gasteiger partial charge >= 0.3 is 0 Å². The van der Waals surface area contributed by atoms with E-state index in [4.69, 9.17) is 0 Å². The SMILES string of the molecule is CCCCCc1ccccc1CCCCC.Fc1ccccc1. The zero-order valence-corrected chi connectivity index (χ0v) is 14.7. The lowest BCUT2D eigenvalue weighted by atomic mass is 9.97. The van der Waals surface area contributed by atoms with Crippen molar-refractivity contribution >= 4 is 0 Å². The number of benzene rings is 2. The van der Waals surface area contributed by atoms with Crippen LogP contribution in [0.3, 0.4) is 0 Å². The predicted molar refractivity (Wildman–Crippen MR) is 99.3 cm³/mol. The Bertz CT molecular complexity index is 475. The Kier molecular flexibility index (Phi) is 10.9. The molecule has 0 nitrogen and oxygen atoms in total. The Labute approximate surface area is 141 Å². The minimum Gasteiger partial charge on any atom is -0.207 e. The molecule has 0 N–H and O–H groups in total. The summed E-state index contributed by atoms with van der Waals surface area (Å²) in [4.78, 5) is 0. The molecule has 0 aliphatic rings. The maximum Gasteiger partial charge on any atom is 0.123 e. The average Bonchev–Trinajstić information content (AvgIpc) is 2.58. The highest BCUT2D eigenvalue weighted by Crippen LogP contribution is 2.15. The molecule has 0 atom stereocenters. The molecule has 0 unspecified atom stereocenters. The summed E-state index contributed by atoms with van der Waals surface area (Å²) in [5.41, 5.74) is 3.18. The number of hydrogen-bond acceptors (Lipinski definition) is 0. The number of aryl methyl sites for hydroxylation is 2. The number of halogens is 1. The first kappa shape index (κ1) is 19.4. The molecule has 0 heterocycles. The van der Waals surface area contributed by atoms with Crippen LogP contribution in [0.2, 0.25) is 0 Å². The van der Waals surface area contributed by atoms with Crippen LogP contribution in [0.5, 0.6) is 0 Å². The molecule has 0 aliphatic carbocycles. The Hall–Kier alpha value is -1.63. The van der Waals surface area contributed by atoms with Crippen LogP contribution in [0.4, 0.5) is 4.39 Å². The molecule has 126 valence electrons. The highest BCUT2D eigenvalue weighted by molar-refractivity contribution is 5.27. The minimum absolute atomic E-state index is 0.178. The normalized spacial score (nSPS) is 10.0. The second-order valence-electron chi connectivity index (χ2n) is 5.98. The molecule has 0 saturated heterocycles. The van der Waals surface area contributed by atoms with Gasteiger partial charge in [-0.25, -0.2) is 4.39 Å². The largest absolute Gasteiger partial charge is 0.207 e. The van der Waals surface area contributed by atoms with Crippen molar-refractivity contribution in [3.63, 3.8) is 0 Å². The third-order valence-corrected chi connectivity index (χ3v) is 3.95. The molecule has 0 aliphatic heterocycles. The minimum atomic E-state index is -0.178. The van der Waals surface area contributed by atoms with E-state index in [0.29, 0.717) is 0 Å². The molecule has 0 bridgehead atoms. The van der Waals surface area contributed by atoms with Crippen molar-refractivity contribution in [3.8, 4) is 0 Å². The Morgan fingerprint density at radius 3 is 1.39 bits per heavy atom. The number of unbranched alkanes of at least 4 members (excludes halogenated alkanes) is 4. The summed E-state index contributed by atoms with van der Waals surface area (Å²) >= 11 is 0. The maximum atomic E-state index is 11.9. The predicted octanol–water partition coefficient (Wildman–Crippen LogP) is 6.98. The van der Waals surface area contributed by atoms with Crippen LogP contribution in [0.25, 0.3) is 0 Å². The molecule has 23 heavy (non-hydrogen) atoms. The molecule has 1 heteroatoms. The van der Waals surface area contributed by atoms with Crippen molar-refractivity contribution in [2.75, 3.05) is 0 Å². The van der Waals surface area contributed by atoms with Crippen molar-refractivity contribution in [1.82, 2.24) is 0 Å². The van der Waals surface area contributed by atoms with E-state index in [2.05, 4.69) is 38.1 Å². The van der Waals surface area contributed by atoms with Crippen LogP contribution in [-0.2, 0) is 12.8 Å². The number of hydrogen-bond donors (Lipinski definition) is 0. The van der Waals surface area contributed by atoms with Crippen molar-refractivity contribution in [2.45, 2.75) is 65.2 Å². The average molecular weight is 314 g/mol. The topological polar surface area (TPSA) is 0 Å². The van der Waals surface area contributed by atoms with Crippen LogP contribution < -0.4 is 0 Å². The van der Waals surface area contributed by atoms with Gasteiger partial charge in [0.1, 0.15) is 5.82 Å². The summed E-state index contributed by atoms with van der Waals surface area (Å²) in [6, 6.07) is 16.9. The standard InChI is InChI=1S/C16H26.C6H5F/c1-3-5-7-11-15-13-9-10-14-16(15)12-8-6-4-2;7-6-4-2-1-3-5-6/h9-10,13-14H,3-8,11-12H2,1-2H3;1-5H. The van der Waals surface area contributed by atoms with Gasteiger partial charge in [-0.1, -0.05) is 82.0 Å². The van der Waals surface area contributed by atoms with E-state index in [0.717, 1.165) is 0 Å². The van der Waals surface area contributed by atoms with E-state index in [-0.39, 0.29) is 5.82 Å². The van der Waals surface area contributed by atoms with Gasteiger partial charge in [-0.3, -0.25) is 0 Å². The summed E-state index contributed by atoms with van der Waals surface area (Å²) in [5.74, 6) is -0.178. The van der Waals surface area contributed by atoms with E-state index in [1.54, 1.807) is 29.3 Å². The fraction of sp³-hybridized carbons (Fsp3) is 0.455. The van der Waals surface area contributed by atoms with Crippen molar-refractivity contribution < 1.29 is 4.39 Å². The zero-order chi connectivity index (χ0) is 16.8. The van der Waals surface area contributed by atoms with Crippen LogP contribution in [-0.4, -0.2) is 0 Å². The molecule has 0 amide bonds. The second kappa shape index (κ2) is 12.9. The zero-order valence-electron chi connectivity index (χ0n) is 14.7. The third-order valence-electron chi connectivity index (χ3n) is 3.95. The smallest absolute Gasteiger partial charge is 0.123 e. The molecule has 0 spiro atoms. The lowest BCUT2D eigenvalue weighted by Crippen LogP contribution is -1.94. The van der Waals surface area contributed by atoms with E-state index in [1.807, 2.05) is 0 Å². The number of rotatable bonds is 8. The Balaban J connectivity index is 0.000000313. The third kappa shape index (κ3) is 9.18. The van der Waals surface area contributed by atoms with Gasteiger partial charge in [0.05, 0.1) is 0 Å². The van der Waals surface area contributed by atoms with Gasteiger partial charge in [0.15, 0.2) is 0 Å². The highest BCUT2D eigenvalue weighted by Gasteiger charge is 2.01. The van der Waals surface area contributed by atoms with Crippen LogP contribution in [0.15, 0.2) is 54.6 Å². The van der Waals surface area contributed by atoms with Crippen LogP contribution in [0.1, 0.15) is 63.5 Å². The van der Waals surface area contributed by atoms with Gasteiger partial charge < -0.3 is 0 Å². The Morgan fingerprint density at radius 2 is 1.04 bits per heavy atom. The summed E-state index contributed by atoms with van der Waals surface area (Å²) < 4.78 is 11.9. The van der Waals surface area contributed by atoms with E-state index in [1.165, 1.54) is 63.5 Å². The van der Waals surface area contributed by atoms with Gasteiger partial charge in [0, 0.05) is 0 Å². The quantitative estimate of drug-likeness (QED) is 0.461. The van der Waals surface area contributed by atoms with E-state index < -0.39 is 0 Å². The summed E-state index contributed by atoms with van der Waals surface area (Å²) in [6.07, 6.45) is 10.6. The van der Waals surface area contributed by atoms with Gasteiger partial charge in [-0.2, -0.15) is 0 Å². The highest BCUT2D eigenvalue weighted by atomic mass is 19.1. The second-order valence-corrected chi connectivity index (χ2v) is 5.98. The monoisotopic (exact) mass is 314 g/mol. The first-order valence-electron chi connectivity index (χ1n) is 9.05. The molecular formula is C22H31F. The van der Waals surface area contributed by atoms with Crippen LogP contribution >= 0.6 is 0 Å². The summed E-state index contributed by atoms with van der Waals surface area (Å²) in [5, 5.41) is 0. The molecule has 2 rings (SSSR count). The molecule has 0 radical (unpaired) electrons. The first-order valence-corrected chi connectivity index (χ1v) is 9.05. The van der Waals surface area contributed by atoms with E-state index in [9.17, 15) is 4.39 Å². The van der Waals surface area contributed by atoms with Crippen molar-refractivity contribution in [1.29, 1.82) is 0 Å². The van der Waals surface area contributed by atoms with Gasteiger partial charge in [-0.15, -0.1) is 0 Å². The van der Waals surface area contributed by atoms with Gasteiger partial charge in [-0.05, 0) is 48.9 Å². The first-order chi connectivity index (χ1) is 11.3. The summed E-state index contributed by atoms with van der Waals surface area (Å²) in [7, 11) is 0. The van der Waals surface area contributed by atoms with Gasteiger partial charge in [0.2, 0.25) is 0 Å². The molecule has 0 aromatic heterocycles. The summed E-state index contributed by atoms with van der Waals surface area (Å²) in [6.45, 7) is 4.54. The van der Waals surface area contributed by atoms with E-state index >= 15 is 0 Å². The Morgan fingerprint density at radius 1 is 0.609 bits per heavy atom. The molecule has 0 saturated carbocycles. The molecule has 2 aromatic carbocycles. The van der Waals surface area contributed by atoms with Gasteiger partial charge in [0.25, 0.3) is 0 Å². The van der Waals surface area contributed by atoms with Crippen LogP contribution in [0, 0.1) is 5.82 Å².